The van der Waals surface area contributed by atoms with Gasteiger partial charge in [0.05, 0.1) is 23.3 Å². The molecule has 0 aliphatic heterocycles. The smallest absolute Gasteiger partial charge is 0.345 e. The normalized spacial score (nSPS) is 10.9. The molecular weight excluding hydrogens is 513 g/mol. The third-order valence-electron chi connectivity index (χ3n) is 5.58. The van der Waals surface area contributed by atoms with Crippen LogP contribution in [0, 0.1) is 0 Å². The molecule has 37 heavy (non-hydrogen) atoms. The number of halogens is 2. The molecule has 0 saturated heterocycles. The molecule has 7 nitrogen and oxygen atoms in total. The quantitative estimate of drug-likeness (QED) is 0.0802. The predicted octanol–water partition coefficient (Wildman–Crippen LogP) is 6.70. The molecule has 0 aromatic heterocycles. The number of amides is 2. The Kier molecular flexibility index (Phi) is 14.4. The minimum Gasteiger partial charge on any atom is -0.423 e. The van der Waals surface area contributed by atoms with Crippen molar-refractivity contribution in [2.75, 3.05) is 6.54 Å². The van der Waals surface area contributed by atoms with Gasteiger partial charge in [-0.25, -0.2) is 10.2 Å². The number of rotatable bonds is 16. The lowest BCUT2D eigenvalue weighted by molar-refractivity contribution is -0.126. The van der Waals surface area contributed by atoms with Gasteiger partial charge in [0.25, 0.3) is 5.91 Å². The Labute approximate surface area is 228 Å². The molecule has 2 N–H and O–H groups in total. The van der Waals surface area contributed by atoms with Crippen LogP contribution in [0.3, 0.4) is 0 Å². The number of carbonyl (C=O) groups is 3. The van der Waals surface area contributed by atoms with Crippen LogP contribution in [0.1, 0.15) is 87.1 Å². The summed E-state index contributed by atoms with van der Waals surface area (Å²) in [5.74, 6) is -0.911. The maximum atomic E-state index is 12.4. The molecule has 0 fully saturated rings. The van der Waals surface area contributed by atoms with Crippen molar-refractivity contribution < 1.29 is 19.1 Å². The fourth-order valence-electron chi connectivity index (χ4n) is 3.56. The van der Waals surface area contributed by atoms with Crippen molar-refractivity contribution in [1.29, 1.82) is 0 Å². The van der Waals surface area contributed by atoms with Gasteiger partial charge >= 0.3 is 5.97 Å². The molecule has 0 aliphatic carbocycles. The third-order valence-corrected chi connectivity index (χ3v) is 6.12. The fraction of sp³-hybridized carbons (Fsp3) is 0.429. The predicted molar refractivity (Wildman–Crippen MR) is 148 cm³/mol. The van der Waals surface area contributed by atoms with Gasteiger partial charge in [-0.1, -0.05) is 93.6 Å². The van der Waals surface area contributed by atoms with Gasteiger partial charge in [-0.15, -0.1) is 0 Å². The number of hydrogen-bond acceptors (Lipinski definition) is 5. The molecule has 0 bridgehead atoms. The molecule has 2 amide bonds. The average Bonchev–Trinajstić information content (AvgIpc) is 2.86. The van der Waals surface area contributed by atoms with Gasteiger partial charge in [-0.2, -0.15) is 5.10 Å². The van der Waals surface area contributed by atoms with E-state index in [9.17, 15) is 14.4 Å². The molecule has 0 atom stereocenters. The second-order valence-electron chi connectivity index (χ2n) is 8.73. The number of hydrogen-bond donors (Lipinski definition) is 2. The molecule has 0 saturated carbocycles. The van der Waals surface area contributed by atoms with E-state index in [0.29, 0.717) is 17.0 Å². The number of nitrogens with zero attached hydrogens (tertiary/aromatic N) is 1. The second-order valence-corrected chi connectivity index (χ2v) is 9.58. The van der Waals surface area contributed by atoms with Crippen LogP contribution in [0.2, 0.25) is 10.0 Å². The highest BCUT2D eigenvalue weighted by Gasteiger charge is 2.13. The summed E-state index contributed by atoms with van der Waals surface area (Å²) in [6, 6.07) is 11.1. The summed E-state index contributed by atoms with van der Waals surface area (Å²) in [6.07, 6.45) is 12.5. The van der Waals surface area contributed by atoms with E-state index in [1.165, 1.54) is 56.9 Å². The summed E-state index contributed by atoms with van der Waals surface area (Å²) in [6.45, 7) is 2.07. The summed E-state index contributed by atoms with van der Waals surface area (Å²) >= 11 is 11.9. The van der Waals surface area contributed by atoms with Gasteiger partial charge in [0.2, 0.25) is 5.91 Å². The zero-order chi connectivity index (χ0) is 26.9. The number of ether oxygens (including phenoxy) is 1. The highest BCUT2D eigenvalue weighted by molar-refractivity contribution is 6.36. The number of unbranched alkanes of at least 4 members (excludes halogenated alkanes) is 8. The lowest BCUT2D eigenvalue weighted by atomic mass is 10.1. The van der Waals surface area contributed by atoms with Gasteiger partial charge in [0.15, 0.2) is 0 Å². The summed E-state index contributed by atoms with van der Waals surface area (Å²) in [5.41, 5.74) is 3.16. The fourth-order valence-corrected chi connectivity index (χ4v) is 4.04. The van der Waals surface area contributed by atoms with E-state index in [1.54, 1.807) is 30.3 Å². The molecule has 2 rings (SSSR count). The Bertz CT molecular complexity index is 1060. The number of carbonyl (C=O) groups excluding carboxylic acids is 3. The Hall–Kier alpha value is -2.90. The highest BCUT2D eigenvalue weighted by atomic mass is 35.5. The minimum atomic E-state index is -0.623. The number of esters is 1. The van der Waals surface area contributed by atoms with E-state index in [2.05, 4.69) is 22.8 Å². The number of nitrogens with one attached hydrogen (secondary N) is 2. The van der Waals surface area contributed by atoms with Crippen LogP contribution in [0.4, 0.5) is 0 Å². The first-order valence-corrected chi connectivity index (χ1v) is 13.5. The first kappa shape index (κ1) is 30.3. The van der Waals surface area contributed by atoms with Crippen molar-refractivity contribution in [3.8, 4) is 5.75 Å². The van der Waals surface area contributed by atoms with Crippen molar-refractivity contribution in [3.05, 3.63) is 63.6 Å². The maximum Gasteiger partial charge on any atom is 0.345 e. The SMILES string of the molecule is CCCCCCCCCCCC(=O)NCC(=O)N/N=C/c1cccc(OC(=O)c2ccc(Cl)cc2Cl)c1. The van der Waals surface area contributed by atoms with Crippen molar-refractivity contribution in [2.24, 2.45) is 5.10 Å². The molecule has 200 valence electrons. The summed E-state index contributed by atoms with van der Waals surface area (Å²) in [5, 5.41) is 7.11. The van der Waals surface area contributed by atoms with E-state index in [-0.39, 0.29) is 28.8 Å². The third kappa shape index (κ3) is 12.8. The van der Waals surface area contributed by atoms with Crippen molar-refractivity contribution in [3.63, 3.8) is 0 Å². The topological polar surface area (TPSA) is 96.9 Å². The Morgan fingerprint density at radius 1 is 0.892 bits per heavy atom. The van der Waals surface area contributed by atoms with Crippen LogP contribution in [-0.4, -0.2) is 30.5 Å². The van der Waals surface area contributed by atoms with Crippen LogP contribution in [-0.2, 0) is 9.59 Å². The van der Waals surface area contributed by atoms with Gasteiger partial charge in [0.1, 0.15) is 5.75 Å². The summed E-state index contributed by atoms with van der Waals surface area (Å²) in [4.78, 5) is 36.3. The van der Waals surface area contributed by atoms with Crippen LogP contribution in [0.15, 0.2) is 47.6 Å². The van der Waals surface area contributed by atoms with Crippen molar-refractivity contribution in [2.45, 2.75) is 71.1 Å². The number of benzene rings is 2. The molecule has 0 aliphatic rings. The molecule has 0 spiro atoms. The molecule has 0 heterocycles. The Balaban J connectivity index is 1.65. The Morgan fingerprint density at radius 3 is 2.30 bits per heavy atom. The van der Waals surface area contributed by atoms with Crippen molar-refractivity contribution in [1.82, 2.24) is 10.7 Å². The van der Waals surface area contributed by atoms with Crippen LogP contribution < -0.4 is 15.5 Å². The molecule has 0 unspecified atom stereocenters. The van der Waals surface area contributed by atoms with E-state index < -0.39 is 11.9 Å². The zero-order valence-corrected chi connectivity index (χ0v) is 22.7. The minimum absolute atomic E-state index is 0.141. The molecule has 2 aromatic carbocycles. The maximum absolute atomic E-state index is 12.4. The summed E-state index contributed by atoms with van der Waals surface area (Å²) in [7, 11) is 0. The standard InChI is InChI=1S/C28H35Cl2N3O4/c1-2-3-4-5-6-7-8-9-10-14-26(34)31-20-27(35)33-32-19-21-12-11-13-23(17-21)37-28(36)24-16-15-22(29)18-25(24)30/h11-13,15-19H,2-10,14,20H2,1H3,(H,31,34)(H,33,35)/b32-19+. The molecule has 0 radical (unpaired) electrons. The van der Waals surface area contributed by atoms with Gasteiger partial charge in [-0.3, -0.25) is 9.59 Å². The van der Waals surface area contributed by atoms with Crippen LogP contribution in [0.5, 0.6) is 5.75 Å². The van der Waals surface area contributed by atoms with E-state index in [0.717, 1.165) is 19.3 Å². The van der Waals surface area contributed by atoms with E-state index >= 15 is 0 Å². The zero-order valence-electron chi connectivity index (χ0n) is 21.2. The van der Waals surface area contributed by atoms with E-state index in [4.69, 9.17) is 27.9 Å². The largest absolute Gasteiger partial charge is 0.423 e. The first-order chi connectivity index (χ1) is 17.9. The molecular formula is C28H35Cl2N3O4. The van der Waals surface area contributed by atoms with Gasteiger partial charge in [-0.05, 0) is 42.3 Å². The average molecular weight is 549 g/mol. The highest BCUT2D eigenvalue weighted by Crippen LogP contribution is 2.23. The molecule has 2 aromatic rings. The monoisotopic (exact) mass is 547 g/mol. The lowest BCUT2D eigenvalue weighted by Gasteiger charge is -2.07. The van der Waals surface area contributed by atoms with Gasteiger partial charge < -0.3 is 10.1 Å². The van der Waals surface area contributed by atoms with Crippen LogP contribution >= 0.6 is 23.2 Å². The van der Waals surface area contributed by atoms with Crippen molar-refractivity contribution >= 4 is 47.2 Å². The Morgan fingerprint density at radius 2 is 1.59 bits per heavy atom. The lowest BCUT2D eigenvalue weighted by Crippen LogP contribution is -2.34. The summed E-state index contributed by atoms with van der Waals surface area (Å²) < 4.78 is 5.36. The van der Waals surface area contributed by atoms with Gasteiger partial charge in [0, 0.05) is 11.4 Å². The first-order valence-electron chi connectivity index (χ1n) is 12.7. The van der Waals surface area contributed by atoms with E-state index in [1.807, 2.05) is 0 Å². The second kappa shape index (κ2) is 17.5. The molecule has 9 heteroatoms. The number of hydrazone groups is 1. The van der Waals surface area contributed by atoms with Crippen LogP contribution in [0.25, 0.3) is 0 Å².